The molecule has 1 aromatic carbocycles. The molecule has 1 aromatic rings. The smallest absolute Gasteiger partial charge is 0.410 e. The van der Waals surface area contributed by atoms with Crippen molar-refractivity contribution in [3.63, 3.8) is 0 Å². The maximum atomic E-state index is 12.0. The Kier molecular flexibility index (Phi) is 8.17. The van der Waals surface area contributed by atoms with Crippen LogP contribution in [0, 0.1) is 0 Å². The van der Waals surface area contributed by atoms with Crippen LogP contribution in [0.3, 0.4) is 0 Å². The molecule has 0 spiro atoms. The first kappa shape index (κ1) is 20.1. The second-order valence-electron chi connectivity index (χ2n) is 6.34. The van der Waals surface area contributed by atoms with E-state index in [4.69, 9.17) is 27.9 Å². The van der Waals surface area contributed by atoms with Crippen LogP contribution in [0.25, 0.3) is 0 Å². The van der Waals surface area contributed by atoms with E-state index < -0.39 is 5.60 Å². The molecule has 130 valence electrons. The monoisotopic (exact) mass is 360 g/mol. The quantitative estimate of drug-likeness (QED) is 0.714. The third-order valence-corrected chi connectivity index (χ3v) is 3.87. The Hall–Kier alpha value is -0.970. The molecule has 0 radical (unpaired) electrons. The van der Waals surface area contributed by atoms with Gasteiger partial charge in [0, 0.05) is 19.6 Å². The van der Waals surface area contributed by atoms with Gasteiger partial charge in [0.1, 0.15) is 5.60 Å². The van der Waals surface area contributed by atoms with Crippen molar-refractivity contribution >= 4 is 29.3 Å². The van der Waals surface area contributed by atoms with Crippen LogP contribution in [0.1, 0.15) is 39.7 Å². The summed E-state index contributed by atoms with van der Waals surface area (Å²) in [7, 11) is 0. The summed E-state index contributed by atoms with van der Waals surface area (Å²) in [6.45, 7) is 10.4. The number of rotatable bonds is 7. The van der Waals surface area contributed by atoms with Crippen molar-refractivity contribution in [1.82, 2.24) is 10.2 Å². The molecule has 4 nitrogen and oxygen atoms in total. The Morgan fingerprint density at radius 3 is 2.52 bits per heavy atom. The van der Waals surface area contributed by atoms with Crippen molar-refractivity contribution in [2.45, 2.75) is 46.3 Å². The summed E-state index contributed by atoms with van der Waals surface area (Å²) in [5, 5.41) is 4.46. The molecule has 1 rings (SSSR count). The Morgan fingerprint density at radius 2 is 1.96 bits per heavy atom. The van der Waals surface area contributed by atoms with E-state index in [9.17, 15) is 4.79 Å². The standard InChI is InChI=1S/C17H26Cl2N2O2/c1-5-21(16(22)23-17(2,3)4)10-6-9-20-12-13-7-8-14(18)15(19)11-13/h7-8,11,20H,5-6,9-10,12H2,1-4H3. The molecule has 0 unspecified atom stereocenters. The van der Waals surface area contributed by atoms with Crippen LogP contribution in [-0.4, -0.2) is 36.2 Å². The minimum atomic E-state index is -0.462. The van der Waals surface area contributed by atoms with Crippen LogP contribution >= 0.6 is 23.2 Å². The van der Waals surface area contributed by atoms with Gasteiger partial charge in [0.2, 0.25) is 0 Å². The zero-order valence-electron chi connectivity index (χ0n) is 14.3. The highest BCUT2D eigenvalue weighted by Gasteiger charge is 2.20. The Balaban J connectivity index is 2.29. The third-order valence-electron chi connectivity index (χ3n) is 3.13. The van der Waals surface area contributed by atoms with Gasteiger partial charge in [-0.1, -0.05) is 29.3 Å². The predicted octanol–water partition coefficient (Wildman–Crippen LogP) is 4.73. The second kappa shape index (κ2) is 9.36. The number of carbonyl (C=O) groups excluding carboxylic acids is 1. The van der Waals surface area contributed by atoms with Crippen molar-refractivity contribution in [2.24, 2.45) is 0 Å². The molecule has 1 amide bonds. The summed E-state index contributed by atoms with van der Waals surface area (Å²) >= 11 is 11.9. The maximum absolute atomic E-state index is 12.0. The summed E-state index contributed by atoms with van der Waals surface area (Å²) in [6, 6.07) is 5.60. The number of hydrogen-bond donors (Lipinski definition) is 1. The van der Waals surface area contributed by atoms with E-state index in [1.165, 1.54) is 0 Å². The molecular formula is C17H26Cl2N2O2. The topological polar surface area (TPSA) is 41.6 Å². The van der Waals surface area contributed by atoms with Crippen molar-refractivity contribution in [1.29, 1.82) is 0 Å². The fourth-order valence-corrected chi connectivity index (χ4v) is 2.30. The van der Waals surface area contributed by atoms with Gasteiger partial charge >= 0.3 is 6.09 Å². The largest absolute Gasteiger partial charge is 0.444 e. The predicted molar refractivity (Wildman–Crippen MR) is 96.3 cm³/mol. The van der Waals surface area contributed by atoms with Crippen molar-refractivity contribution < 1.29 is 9.53 Å². The molecule has 0 heterocycles. The number of carbonyl (C=O) groups is 1. The average molecular weight is 361 g/mol. The summed E-state index contributed by atoms with van der Waals surface area (Å²) < 4.78 is 5.38. The minimum absolute atomic E-state index is 0.260. The van der Waals surface area contributed by atoms with Crippen molar-refractivity contribution in [3.05, 3.63) is 33.8 Å². The lowest BCUT2D eigenvalue weighted by molar-refractivity contribution is 0.0258. The Morgan fingerprint density at radius 1 is 1.26 bits per heavy atom. The van der Waals surface area contributed by atoms with E-state index >= 15 is 0 Å². The van der Waals surface area contributed by atoms with Gasteiger partial charge in [-0.15, -0.1) is 0 Å². The zero-order chi connectivity index (χ0) is 17.5. The number of nitrogens with zero attached hydrogens (tertiary/aromatic N) is 1. The van der Waals surface area contributed by atoms with Gasteiger partial charge < -0.3 is 15.0 Å². The van der Waals surface area contributed by atoms with Gasteiger partial charge in [0.05, 0.1) is 10.0 Å². The molecule has 0 aliphatic carbocycles. The van der Waals surface area contributed by atoms with Crippen LogP contribution in [0.2, 0.25) is 10.0 Å². The molecule has 1 N–H and O–H groups in total. The Bertz CT molecular complexity index is 516. The van der Waals surface area contributed by atoms with Crippen LogP contribution < -0.4 is 5.32 Å². The first-order valence-corrected chi connectivity index (χ1v) is 8.61. The lowest BCUT2D eigenvalue weighted by Crippen LogP contribution is -2.38. The van der Waals surface area contributed by atoms with E-state index in [1.54, 1.807) is 11.0 Å². The zero-order valence-corrected chi connectivity index (χ0v) is 15.8. The second-order valence-corrected chi connectivity index (χ2v) is 7.15. The summed E-state index contributed by atoms with van der Waals surface area (Å²) in [4.78, 5) is 13.7. The number of amides is 1. The number of benzene rings is 1. The summed E-state index contributed by atoms with van der Waals surface area (Å²) in [5.74, 6) is 0. The molecule has 23 heavy (non-hydrogen) atoms. The normalized spacial score (nSPS) is 11.4. The van der Waals surface area contributed by atoms with Crippen molar-refractivity contribution in [3.8, 4) is 0 Å². The molecule has 0 atom stereocenters. The number of hydrogen-bond acceptors (Lipinski definition) is 3. The number of halogens is 2. The van der Waals surface area contributed by atoms with E-state index in [1.807, 2.05) is 39.8 Å². The van der Waals surface area contributed by atoms with Crippen LogP contribution in [0.4, 0.5) is 4.79 Å². The molecule has 0 fully saturated rings. The maximum Gasteiger partial charge on any atom is 0.410 e. The molecule has 0 aliphatic rings. The summed E-state index contributed by atoms with van der Waals surface area (Å²) in [5.41, 5.74) is 0.621. The first-order valence-electron chi connectivity index (χ1n) is 7.85. The molecule has 0 saturated carbocycles. The minimum Gasteiger partial charge on any atom is -0.444 e. The highest BCUT2D eigenvalue weighted by Crippen LogP contribution is 2.22. The average Bonchev–Trinajstić information content (AvgIpc) is 2.44. The summed E-state index contributed by atoms with van der Waals surface area (Å²) in [6.07, 6.45) is 0.596. The van der Waals surface area contributed by atoms with Crippen LogP contribution in [0.5, 0.6) is 0 Å². The third kappa shape index (κ3) is 7.91. The van der Waals surface area contributed by atoms with Gasteiger partial charge in [-0.3, -0.25) is 0 Å². The van der Waals surface area contributed by atoms with E-state index in [2.05, 4.69) is 5.32 Å². The lowest BCUT2D eigenvalue weighted by Gasteiger charge is -2.26. The van der Waals surface area contributed by atoms with Gasteiger partial charge in [-0.05, 0) is 58.4 Å². The Labute approximate surface area is 149 Å². The SMILES string of the molecule is CCN(CCCNCc1ccc(Cl)c(Cl)c1)C(=O)OC(C)(C)C. The number of nitrogens with one attached hydrogen (secondary N) is 1. The van der Waals surface area contributed by atoms with Crippen LogP contribution in [0.15, 0.2) is 18.2 Å². The van der Waals surface area contributed by atoms with Gasteiger partial charge in [0.15, 0.2) is 0 Å². The van der Waals surface area contributed by atoms with Crippen LogP contribution in [-0.2, 0) is 11.3 Å². The lowest BCUT2D eigenvalue weighted by atomic mass is 10.2. The fraction of sp³-hybridized carbons (Fsp3) is 0.588. The fourth-order valence-electron chi connectivity index (χ4n) is 1.98. The molecule has 0 aliphatic heterocycles. The van der Waals surface area contributed by atoms with E-state index in [0.717, 1.165) is 25.1 Å². The van der Waals surface area contributed by atoms with Crippen molar-refractivity contribution in [2.75, 3.05) is 19.6 Å². The van der Waals surface area contributed by atoms with E-state index in [0.29, 0.717) is 23.1 Å². The molecule has 6 heteroatoms. The van der Waals surface area contributed by atoms with Gasteiger partial charge in [0.25, 0.3) is 0 Å². The highest BCUT2D eigenvalue weighted by molar-refractivity contribution is 6.42. The highest BCUT2D eigenvalue weighted by atomic mass is 35.5. The molecule has 0 bridgehead atoms. The van der Waals surface area contributed by atoms with Gasteiger partial charge in [-0.2, -0.15) is 0 Å². The number of ether oxygens (including phenoxy) is 1. The molecule has 0 aromatic heterocycles. The van der Waals surface area contributed by atoms with E-state index in [-0.39, 0.29) is 6.09 Å². The molecular weight excluding hydrogens is 335 g/mol. The molecule has 0 saturated heterocycles. The first-order chi connectivity index (χ1) is 10.7. The van der Waals surface area contributed by atoms with Gasteiger partial charge in [-0.25, -0.2) is 4.79 Å².